The normalized spacial score (nSPS) is 19.9. The van der Waals surface area contributed by atoms with Crippen LogP contribution >= 0.6 is 11.6 Å². The molecular weight excluding hydrogens is 274 g/mol. The fourth-order valence-electron chi connectivity index (χ4n) is 2.60. The SMILES string of the molecule is Cc1ccc(NC(=O)CN2CCCC(CN)C2)c(Cl)c1. The van der Waals surface area contributed by atoms with Gasteiger partial charge in [-0.05, 0) is 56.5 Å². The van der Waals surface area contributed by atoms with Crippen LogP contribution in [0.15, 0.2) is 18.2 Å². The summed E-state index contributed by atoms with van der Waals surface area (Å²) in [6.07, 6.45) is 2.28. The molecule has 1 aliphatic rings. The highest BCUT2D eigenvalue weighted by atomic mass is 35.5. The number of anilines is 1. The number of nitrogens with zero attached hydrogens (tertiary/aromatic N) is 1. The molecule has 0 bridgehead atoms. The average Bonchev–Trinajstić information content (AvgIpc) is 2.42. The van der Waals surface area contributed by atoms with Gasteiger partial charge in [-0.3, -0.25) is 9.69 Å². The smallest absolute Gasteiger partial charge is 0.238 e. The van der Waals surface area contributed by atoms with Gasteiger partial charge in [-0.15, -0.1) is 0 Å². The topological polar surface area (TPSA) is 58.4 Å². The van der Waals surface area contributed by atoms with Crippen LogP contribution in [0.5, 0.6) is 0 Å². The Hall–Kier alpha value is -1.10. The van der Waals surface area contributed by atoms with Crippen LogP contribution in [0.25, 0.3) is 0 Å². The lowest BCUT2D eigenvalue weighted by atomic mass is 9.98. The van der Waals surface area contributed by atoms with Gasteiger partial charge in [0.15, 0.2) is 0 Å². The van der Waals surface area contributed by atoms with Gasteiger partial charge in [0.2, 0.25) is 5.91 Å². The Bertz CT molecular complexity index is 478. The third-order valence-corrected chi connectivity index (χ3v) is 4.02. The van der Waals surface area contributed by atoms with E-state index >= 15 is 0 Å². The molecule has 1 aromatic rings. The first kappa shape index (κ1) is 15.3. The Morgan fingerprint density at radius 2 is 2.35 bits per heavy atom. The highest BCUT2D eigenvalue weighted by molar-refractivity contribution is 6.33. The third kappa shape index (κ3) is 4.20. The number of benzene rings is 1. The molecule has 1 atom stereocenters. The molecule has 20 heavy (non-hydrogen) atoms. The van der Waals surface area contributed by atoms with Crippen molar-refractivity contribution in [2.45, 2.75) is 19.8 Å². The molecule has 1 aliphatic heterocycles. The summed E-state index contributed by atoms with van der Waals surface area (Å²) >= 11 is 6.12. The molecule has 0 spiro atoms. The Kier molecular flexibility index (Phi) is 5.40. The lowest BCUT2D eigenvalue weighted by Gasteiger charge is -2.31. The number of carbonyl (C=O) groups excluding carboxylic acids is 1. The molecule has 0 aliphatic carbocycles. The van der Waals surface area contributed by atoms with Crippen molar-refractivity contribution in [2.24, 2.45) is 11.7 Å². The van der Waals surface area contributed by atoms with Crippen LogP contribution in [0.2, 0.25) is 5.02 Å². The van der Waals surface area contributed by atoms with E-state index in [0.717, 1.165) is 25.1 Å². The molecule has 1 unspecified atom stereocenters. The van der Waals surface area contributed by atoms with E-state index in [1.807, 2.05) is 25.1 Å². The standard InChI is InChI=1S/C15H22ClN3O/c1-11-4-5-14(13(16)7-11)18-15(20)10-19-6-2-3-12(8-17)9-19/h4-5,7,12H,2-3,6,8-10,17H2,1H3,(H,18,20). The highest BCUT2D eigenvalue weighted by Gasteiger charge is 2.20. The molecule has 0 saturated carbocycles. The van der Waals surface area contributed by atoms with Gasteiger partial charge in [0.25, 0.3) is 0 Å². The van der Waals surface area contributed by atoms with Gasteiger partial charge in [0.1, 0.15) is 0 Å². The van der Waals surface area contributed by atoms with Crippen molar-refractivity contribution in [1.82, 2.24) is 4.90 Å². The number of carbonyl (C=O) groups is 1. The minimum absolute atomic E-state index is 0.0200. The first-order valence-corrected chi connectivity index (χ1v) is 7.44. The van der Waals surface area contributed by atoms with Gasteiger partial charge in [0, 0.05) is 6.54 Å². The van der Waals surface area contributed by atoms with Crippen molar-refractivity contribution in [1.29, 1.82) is 0 Å². The maximum atomic E-state index is 12.1. The van der Waals surface area contributed by atoms with E-state index in [4.69, 9.17) is 17.3 Å². The van der Waals surface area contributed by atoms with Crippen LogP contribution in [0.3, 0.4) is 0 Å². The lowest BCUT2D eigenvalue weighted by molar-refractivity contribution is -0.117. The lowest BCUT2D eigenvalue weighted by Crippen LogP contribution is -2.42. The Morgan fingerprint density at radius 3 is 3.05 bits per heavy atom. The van der Waals surface area contributed by atoms with E-state index in [2.05, 4.69) is 10.2 Å². The van der Waals surface area contributed by atoms with Gasteiger partial charge in [-0.2, -0.15) is 0 Å². The molecule has 1 amide bonds. The second kappa shape index (κ2) is 7.07. The molecule has 3 N–H and O–H groups in total. The summed E-state index contributed by atoms with van der Waals surface area (Å²) in [5.41, 5.74) is 7.46. The summed E-state index contributed by atoms with van der Waals surface area (Å²) in [5, 5.41) is 3.45. The van der Waals surface area contributed by atoms with Gasteiger partial charge in [0.05, 0.1) is 17.3 Å². The van der Waals surface area contributed by atoms with Gasteiger partial charge in [-0.25, -0.2) is 0 Å². The van der Waals surface area contributed by atoms with Crippen molar-refractivity contribution in [3.05, 3.63) is 28.8 Å². The monoisotopic (exact) mass is 295 g/mol. The second-order valence-corrected chi connectivity index (χ2v) is 5.92. The number of aryl methyl sites for hydroxylation is 1. The Morgan fingerprint density at radius 1 is 1.55 bits per heavy atom. The molecule has 1 aromatic carbocycles. The first-order valence-electron chi connectivity index (χ1n) is 7.07. The number of nitrogens with one attached hydrogen (secondary N) is 1. The van der Waals surface area contributed by atoms with E-state index in [1.54, 1.807) is 0 Å². The minimum atomic E-state index is -0.0200. The van der Waals surface area contributed by atoms with Crippen LogP contribution < -0.4 is 11.1 Å². The largest absolute Gasteiger partial charge is 0.330 e. The zero-order valence-electron chi connectivity index (χ0n) is 11.9. The molecule has 5 heteroatoms. The number of amides is 1. The van der Waals surface area contributed by atoms with Crippen LogP contribution in [-0.2, 0) is 4.79 Å². The van der Waals surface area contributed by atoms with Crippen LogP contribution in [0.1, 0.15) is 18.4 Å². The maximum absolute atomic E-state index is 12.1. The predicted octanol–water partition coefficient (Wildman–Crippen LogP) is 2.26. The summed E-state index contributed by atoms with van der Waals surface area (Å²) < 4.78 is 0. The minimum Gasteiger partial charge on any atom is -0.330 e. The number of hydrogen-bond acceptors (Lipinski definition) is 3. The molecule has 0 aromatic heterocycles. The highest BCUT2D eigenvalue weighted by Crippen LogP contribution is 2.23. The summed E-state index contributed by atoms with van der Waals surface area (Å²) in [6, 6.07) is 5.63. The van der Waals surface area contributed by atoms with Crippen molar-refractivity contribution >= 4 is 23.2 Å². The fraction of sp³-hybridized carbons (Fsp3) is 0.533. The number of likely N-dealkylation sites (tertiary alicyclic amines) is 1. The van der Waals surface area contributed by atoms with Gasteiger partial charge >= 0.3 is 0 Å². The van der Waals surface area contributed by atoms with Crippen molar-refractivity contribution in [2.75, 3.05) is 31.5 Å². The average molecular weight is 296 g/mol. The van der Waals surface area contributed by atoms with E-state index in [1.165, 1.54) is 6.42 Å². The summed E-state index contributed by atoms with van der Waals surface area (Å²) in [4.78, 5) is 14.2. The maximum Gasteiger partial charge on any atom is 0.238 e. The number of rotatable bonds is 4. The van der Waals surface area contributed by atoms with Crippen LogP contribution in [0.4, 0.5) is 5.69 Å². The summed E-state index contributed by atoms with van der Waals surface area (Å²) in [6.45, 7) is 4.94. The molecule has 1 heterocycles. The summed E-state index contributed by atoms with van der Waals surface area (Å²) in [5.74, 6) is 0.493. The van der Waals surface area contributed by atoms with Crippen molar-refractivity contribution in [3.8, 4) is 0 Å². The molecule has 110 valence electrons. The first-order chi connectivity index (χ1) is 9.58. The number of nitrogens with two attached hydrogens (primary N) is 1. The zero-order valence-corrected chi connectivity index (χ0v) is 12.6. The van der Waals surface area contributed by atoms with E-state index < -0.39 is 0 Å². The van der Waals surface area contributed by atoms with Gasteiger partial charge < -0.3 is 11.1 Å². The number of piperidine rings is 1. The zero-order chi connectivity index (χ0) is 14.5. The summed E-state index contributed by atoms with van der Waals surface area (Å²) in [7, 11) is 0. The molecule has 4 nitrogen and oxygen atoms in total. The van der Waals surface area contributed by atoms with E-state index in [9.17, 15) is 4.79 Å². The molecule has 1 fully saturated rings. The second-order valence-electron chi connectivity index (χ2n) is 5.51. The van der Waals surface area contributed by atoms with Crippen LogP contribution in [0, 0.1) is 12.8 Å². The van der Waals surface area contributed by atoms with Gasteiger partial charge in [-0.1, -0.05) is 17.7 Å². The Labute approximate surface area is 125 Å². The Balaban J connectivity index is 1.88. The van der Waals surface area contributed by atoms with Crippen molar-refractivity contribution < 1.29 is 4.79 Å². The van der Waals surface area contributed by atoms with E-state index in [-0.39, 0.29) is 5.91 Å². The quantitative estimate of drug-likeness (QED) is 0.896. The fourth-order valence-corrected chi connectivity index (χ4v) is 2.88. The molecule has 2 rings (SSSR count). The predicted molar refractivity (Wildman–Crippen MR) is 83.0 cm³/mol. The van der Waals surface area contributed by atoms with E-state index in [0.29, 0.717) is 29.7 Å². The number of halogens is 1. The van der Waals surface area contributed by atoms with Crippen LogP contribution in [-0.4, -0.2) is 37.0 Å². The third-order valence-electron chi connectivity index (χ3n) is 3.70. The molecule has 0 radical (unpaired) electrons. The number of hydrogen-bond donors (Lipinski definition) is 2. The molecular formula is C15H22ClN3O. The van der Waals surface area contributed by atoms with Crippen molar-refractivity contribution in [3.63, 3.8) is 0 Å². The molecule has 1 saturated heterocycles.